The number of furan rings is 1. The molecule has 1 aromatic heterocycles. The Morgan fingerprint density at radius 1 is 1.56 bits per heavy atom. The highest BCUT2D eigenvalue weighted by Crippen LogP contribution is 2.05. The number of carbonyl (C=O) groups is 2. The highest BCUT2D eigenvalue weighted by Gasteiger charge is 2.20. The van der Waals surface area contributed by atoms with Gasteiger partial charge in [0.25, 0.3) is 0 Å². The predicted molar refractivity (Wildman–Crippen MR) is 65.0 cm³/mol. The van der Waals surface area contributed by atoms with Crippen molar-refractivity contribution in [3.05, 3.63) is 24.2 Å². The van der Waals surface area contributed by atoms with E-state index in [1.165, 1.54) is 11.2 Å². The predicted octanol–water partition coefficient (Wildman–Crippen LogP) is 1.67. The average Bonchev–Trinajstić information content (AvgIpc) is 2.80. The van der Waals surface area contributed by atoms with E-state index < -0.39 is 18.0 Å². The molecule has 0 unspecified atom stereocenters. The van der Waals surface area contributed by atoms with Crippen LogP contribution in [0.2, 0.25) is 0 Å². The minimum Gasteiger partial charge on any atom is -0.480 e. The molecule has 0 aromatic carbocycles. The molecule has 1 rings (SSSR count). The van der Waals surface area contributed by atoms with E-state index in [1.54, 1.807) is 19.4 Å². The number of hydrogen-bond acceptors (Lipinski definition) is 3. The molecule has 0 spiro atoms. The first-order valence-electron chi connectivity index (χ1n) is 5.80. The summed E-state index contributed by atoms with van der Waals surface area (Å²) in [6.07, 6.45) is 4.19. The van der Waals surface area contributed by atoms with Gasteiger partial charge >= 0.3 is 12.0 Å². The zero-order valence-corrected chi connectivity index (χ0v) is 10.5. The van der Waals surface area contributed by atoms with Crippen molar-refractivity contribution in [2.45, 2.75) is 32.4 Å². The van der Waals surface area contributed by atoms with Gasteiger partial charge in [-0.25, -0.2) is 9.59 Å². The van der Waals surface area contributed by atoms with Crippen LogP contribution >= 0.6 is 0 Å². The van der Waals surface area contributed by atoms with Gasteiger partial charge in [-0.1, -0.05) is 13.3 Å². The van der Waals surface area contributed by atoms with Gasteiger partial charge in [0, 0.05) is 12.6 Å². The van der Waals surface area contributed by atoms with Crippen molar-refractivity contribution in [3.8, 4) is 0 Å². The van der Waals surface area contributed by atoms with Gasteiger partial charge in [-0.05, 0) is 12.5 Å². The molecule has 1 aromatic rings. The number of urea groups is 1. The van der Waals surface area contributed by atoms with Crippen LogP contribution in [-0.4, -0.2) is 35.1 Å². The highest BCUT2D eigenvalue weighted by atomic mass is 16.4. The lowest BCUT2D eigenvalue weighted by atomic mass is 10.2. The molecule has 2 amide bonds. The van der Waals surface area contributed by atoms with Gasteiger partial charge in [-0.15, -0.1) is 0 Å². The number of amides is 2. The number of rotatable bonds is 6. The first kappa shape index (κ1) is 14.1. The first-order chi connectivity index (χ1) is 8.54. The summed E-state index contributed by atoms with van der Waals surface area (Å²) in [4.78, 5) is 24.1. The molecule has 0 aliphatic carbocycles. The average molecular weight is 254 g/mol. The number of aliphatic carboxylic acids is 1. The van der Waals surface area contributed by atoms with Crippen molar-refractivity contribution in [1.29, 1.82) is 0 Å². The Kier molecular flexibility index (Phi) is 5.23. The van der Waals surface area contributed by atoms with E-state index >= 15 is 0 Å². The minimum atomic E-state index is -1.01. The van der Waals surface area contributed by atoms with Gasteiger partial charge in [0.2, 0.25) is 0 Å². The summed E-state index contributed by atoms with van der Waals surface area (Å²) in [7, 11) is 1.60. The Bertz CT molecular complexity index is 389. The molecule has 6 heteroatoms. The molecule has 0 bridgehead atoms. The van der Waals surface area contributed by atoms with Crippen LogP contribution in [0.4, 0.5) is 4.79 Å². The largest absolute Gasteiger partial charge is 0.480 e. The Balaban J connectivity index is 2.50. The summed E-state index contributed by atoms with van der Waals surface area (Å²) in [5, 5.41) is 11.4. The molecular weight excluding hydrogens is 236 g/mol. The molecule has 18 heavy (non-hydrogen) atoms. The maximum absolute atomic E-state index is 11.8. The molecule has 0 saturated heterocycles. The minimum absolute atomic E-state index is 0.376. The van der Waals surface area contributed by atoms with Crippen molar-refractivity contribution in [2.24, 2.45) is 0 Å². The van der Waals surface area contributed by atoms with Crippen molar-refractivity contribution in [2.75, 3.05) is 7.05 Å². The first-order valence-corrected chi connectivity index (χ1v) is 5.80. The van der Waals surface area contributed by atoms with Crippen molar-refractivity contribution >= 4 is 12.0 Å². The second-order valence-corrected chi connectivity index (χ2v) is 4.12. The van der Waals surface area contributed by atoms with E-state index in [2.05, 4.69) is 5.32 Å². The Morgan fingerprint density at radius 3 is 2.78 bits per heavy atom. The van der Waals surface area contributed by atoms with E-state index in [0.29, 0.717) is 19.4 Å². The van der Waals surface area contributed by atoms with E-state index in [1.807, 2.05) is 6.92 Å². The fourth-order valence-corrected chi connectivity index (χ4v) is 1.53. The summed E-state index contributed by atoms with van der Waals surface area (Å²) in [5.41, 5.74) is 0.856. The molecule has 0 aliphatic heterocycles. The number of hydrogen-bond donors (Lipinski definition) is 2. The van der Waals surface area contributed by atoms with E-state index in [0.717, 1.165) is 5.56 Å². The third kappa shape index (κ3) is 4.12. The topological polar surface area (TPSA) is 82.8 Å². The van der Waals surface area contributed by atoms with E-state index in [4.69, 9.17) is 9.52 Å². The quantitative estimate of drug-likeness (QED) is 0.809. The smallest absolute Gasteiger partial charge is 0.326 e. The molecular formula is C12H18N2O4. The summed E-state index contributed by atoms with van der Waals surface area (Å²) in [6.45, 7) is 2.25. The Morgan fingerprint density at radius 2 is 2.28 bits per heavy atom. The van der Waals surface area contributed by atoms with Crippen molar-refractivity contribution < 1.29 is 19.1 Å². The second kappa shape index (κ2) is 6.68. The zero-order valence-electron chi connectivity index (χ0n) is 10.5. The molecule has 1 heterocycles. The van der Waals surface area contributed by atoms with Crippen molar-refractivity contribution in [3.63, 3.8) is 0 Å². The fourth-order valence-electron chi connectivity index (χ4n) is 1.53. The maximum Gasteiger partial charge on any atom is 0.326 e. The lowest BCUT2D eigenvalue weighted by Crippen LogP contribution is -2.46. The van der Waals surface area contributed by atoms with Crippen LogP contribution in [0.5, 0.6) is 0 Å². The SMILES string of the molecule is CCC[C@H](NC(=O)N(C)Cc1ccoc1)C(=O)O. The zero-order chi connectivity index (χ0) is 13.5. The fraction of sp³-hybridized carbons (Fsp3) is 0.500. The molecule has 6 nitrogen and oxygen atoms in total. The number of carboxylic acid groups (broad SMARTS) is 1. The molecule has 0 aliphatic rings. The molecule has 2 N–H and O–H groups in total. The molecule has 0 radical (unpaired) electrons. The lowest BCUT2D eigenvalue weighted by molar-refractivity contribution is -0.139. The van der Waals surface area contributed by atoms with Crippen LogP contribution in [-0.2, 0) is 11.3 Å². The van der Waals surface area contributed by atoms with Gasteiger partial charge in [-0.3, -0.25) is 0 Å². The molecule has 0 fully saturated rings. The molecule has 1 atom stereocenters. The van der Waals surface area contributed by atoms with Gasteiger partial charge in [0.1, 0.15) is 6.04 Å². The van der Waals surface area contributed by atoms with E-state index in [-0.39, 0.29) is 0 Å². The third-order valence-electron chi connectivity index (χ3n) is 2.52. The molecule has 100 valence electrons. The van der Waals surface area contributed by atoms with Gasteiger partial charge < -0.3 is 19.7 Å². The maximum atomic E-state index is 11.8. The van der Waals surface area contributed by atoms with Gasteiger partial charge in [-0.2, -0.15) is 0 Å². The monoisotopic (exact) mass is 254 g/mol. The number of nitrogens with one attached hydrogen (secondary N) is 1. The van der Waals surface area contributed by atoms with Crippen LogP contribution in [0.1, 0.15) is 25.3 Å². The Labute approximate surface area is 106 Å². The number of nitrogens with zero attached hydrogens (tertiary/aromatic N) is 1. The van der Waals surface area contributed by atoms with Crippen LogP contribution in [0.15, 0.2) is 23.0 Å². The summed E-state index contributed by atoms with van der Waals surface area (Å²) in [5.74, 6) is -1.01. The standard InChI is InChI=1S/C12H18N2O4/c1-3-4-10(11(15)16)13-12(17)14(2)7-9-5-6-18-8-9/h5-6,8,10H,3-4,7H2,1-2H3,(H,13,17)(H,15,16)/t10-/m0/s1. The number of carbonyl (C=O) groups excluding carboxylic acids is 1. The Hall–Kier alpha value is -1.98. The summed E-state index contributed by atoms with van der Waals surface area (Å²) < 4.78 is 4.90. The normalized spacial score (nSPS) is 11.9. The third-order valence-corrected chi connectivity index (χ3v) is 2.52. The lowest BCUT2D eigenvalue weighted by Gasteiger charge is -2.20. The van der Waals surface area contributed by atoms with Gasteiger partial charge in [0.05, 0.1) is 19.1 Å². The van der Waals surface area contributed by atoms with Crippen molar-refractivity contribution in [1.82, 2.24) is 10.2 Å². The van der Waals surface area contributed by atoms with Crippen LogP contribution < -0.4 is 5.32 Å². The highest BCUT2D eigenvalue weighted by molar-refractivity contribution is 5.82. The van der Waals surface area contributed by atoms with Crippen LogP contribution in [0, 0.1) is 0 Å². The van der Waals surface area contributed by atoms with Crippen LogP contribution in [0.3, 0.4) is 0 Å². The van der Waals surface area contributed by atoms with Crippen LogP contribution in [0.25, 0.3) is 0 Å². The van der Waals surface area contributed by atoms with Gasteiger partial charge in [0.15, 0.2) is 0 Å². The van der Waals surface area contributed by atoms with E-state index in [9.17, 15) is 9.59 Å². The molecule has 0 saturated carbocycles. The number of carboxylic acids is 1. The summed E-state index contributed by atoms with van der Waals surface area (Å²) in [6, 6.07) is 0.510. The second-order valence-electron chi connectivity index (χ2n) is 4.12. The summed E-state index contributed by atoms with van der Waals surface area (Å²) >= 11 is 0.